The summed E-state index contributed by atoms with van der Waals surface area (Å²) in [7, 11) is 0. The van der Waals surface area contributed by atoms with Crippen LogP contribution in [0.3, 0.4) is 0 Å². The number of amides is 2. The topological polar surface area (TPSA) is 58.2 Å². The minimum Gasteiger partial charge on any atom is -0.321 e. The number of aryl methyl sites for hydroxylation is 1. The van der Waals surface area contributed by atoms with Crippen LogP contribution in [0.5, 0.6) is 0 Å². The lowest BCUT2D eigenvalue weighted by Crippen LogP contribution is -2.21. The molecule has 4 nitrogen and oxygen atoms in total. The third kappa shape index (κ3) is 2.36. The van der Waals surface area contributed by atoms with Crippen molar-refractivity contribution in [1.82, 2.24) is 10.6 Å². The van der Waals surface area contributed by atoms with Crippen LogP contribution in [0.1, 0.15) is 16.7 Å². The van der Waals surface area contributed by atoms with E-state index in [1.54, 1.807) is 0 Å². The Morgan fingerprint density at radius 1 is 0.708 bits per heavy atom. The fourth-order valence-corrected chi connectivity index (χ4v) is 3.31. The van der Waals surface area contributed by atoms with Crippen molar-refractivity contribution in [3.8, 4) is 0 Å². The molecule has 2 aliphatic heterocycles. The summed E-state index contributed by atoms with van der Waals surface area (Å²) in [4.78, 5) is 25.0. The summed E-state index contributed by atoms with van der Waals surface area (Å²) in [6.07, 6.45) is 0. The molecule has 2 aromatic rings. The predicted octanol–water partition coefficient (Wildman–Crippen LogP) is 2.98. The summed E-state index contributed by atoms with van der Waals surface area (Å²) in [6, 6.07) is 15.5. The molecule has 2 amide bonds. The molecule has 2 aromatic carbocycles. The first kappa shape index (κ1) is 15.1. The maximum Gasteiger partial charge on any atom is 0.258 e. The number of hydrogen-bond acceptors (Lipinski definition) is 2. The van der Waals surface area contributed by atoms with Gasteiger partial charge in [0.1, 0.15) is 0 Å². The third-order valence-corrected chi connectivity index (χ3v) is 4.87. The molecular weight excluding hydrogens is 415 g/mol. The molecule has 2 aliphatic rings. The summed E-state index contributed by atoms with van der Waals surface area (Å²) in [6.45, 7) is 2.00. The van der Waals surface area contributed by atoms with E-state index in [1.165, 1.54) is 0 Å². The Labute approximate surface area is 152 Å². The zero-order chi connectivity index (χ0) is 16.8. The maximum absolute atomic E-state index is 12.5. The van der Waals surface area contributed by atoms with E-state index >= 15 is 0 Å². The molecular formula is C19H13IN2O2. The second-order valence-corrected chi connectivity index (χ2v) is 7.03. The van der Waals surface area contributed by atoms with E-state index < -0.39 is 0 Å². The molecule has 5 heteroatoms. The molecule has 0 saturated heterocycles. The number of rotatable bonds is 2. The van der Waals surface area contributed by atoms with Crippen molar-refractivity contribution in [1.29, 1.82) is 0 Å². The van der Waals surface area contributed by atoms with Gasteiger partial charge in [-0.1, -0.05) is 42.0 Å². The first-order chi connectivity index (χ1) is 11.5. The summed E-state index contributed by atoms with van der Waals surface area (Å²) < 4.78 is 1.10. The number of halogens is 1. The van der Waals surface area contributed by atoms with Gasteiger partial charge in [0.25, 0.3) is 11.8 Å². The van der Waals surface area contributed by atoms with Crippen molar-refractivity contribution in [3.63, 3.8) is 0 Å². The van der Waals surface area contributed by atoms with Gasteiger partial charge >= 0.3 is 0 Å². The Morgan fingerprint density at radius 2 is 1.12 bits per heavy atom. The van der Waals surface area contributed by atoms with Crippen molar-refractivity contribution in [2.24, 2.45) is 0 Å². The lowest BCUT2D eigenvalue weighted by atomic mass is 10.0. The van der Waals surface area contributed by atoms with Crippen LogP contribution >= 0.6 is 22.6 Å². The number of fused-ring (bicyclic) bond motifs is 1. The highest BCUT2D eigenvalue weighted by Gasteiger charge is 2.40. The van der Waals surface area contributed by atoms with Gasteiger partial charge in [-0.15, -0.1) is 0 Å². The molecule has 0 spiro atoms. The van der Waals surface area contributed by atoms with Crippen LogP contribution in [0.2, 0.25) is 0 Å². The molecule has 0 atom stereocenters. The van der Waals surface area contributed by atoms with E-state index in [2.05, 4.69) is 33.2 Å². The van der Waals surface area contributed by atoms with Crippen molar-refractivity contribution < 1.29 is 9.59 Å². The lowest BCUT2D eigenvalue weighted by molar-refractivity contribution is -0.117. The Kier molecular flexibility index (Phi) is 3.53. The fraction of sp³-hybridized carbons (Fsp3) is 0.0526. The van der Waals surface area contributed by atoms with Crippen LogP contribution in [0, 0.1) is 10.5 Å². The van der Waals surface area contributed by atoms with Crippen LogP contribution in [0.25, 0.3) is 11.4 Å². The Hall–Kier alpha value is -2.41. The van der Waals surface area contributed by atoms with E-state index in [4.69, 9.17) is 0 Å². The highest BCUT2D eigenvalue weighted by atomic mass is 127. The number of benzene rings is 2. The SMILES string of the molecule is Cc1ccc(C2=C3C(=O)NC(c4ccc(I)cc4)=C3C(=O)N2)cc1. The second-order valence-electron chi connectivity index (χ2n) is 5.78. The van der Waals surface area contributed by atoms with Gasteiger partial charge in [0.05, 0.1) is 22.5 Å². The average molecular weight is 428 g/mol. The molecule has 0 aliphatic carbocycles. The van der Waals surface area contributed by atoms with Gasteiger partial charge in [-0.05, 0) is 52.8 Å². The van der Waals surface area contributed by atoms with Crippen molar-refractivity contribution in [3.05, 3.63) is 79.9 Å². The molecule has 0 radical (unpaired) electrons. The smallest absolute Gasteiger partial charge is 0.258 e. The molecule has 2 N–H and O–H groups in total. The van der Waals surface area contributed by atoms with Gasteiger partial charge < -0.3 is 10.6 Å². The Bertz CT molecular complexity index is 859. The largest absolute Gasteiger partial charge is 0.321 e. The quantitative estimate of drug-likeness (QED) is 0.723. The normalized spacial score (nSPS) is 16.4. The van der Waals surface area contributed by atoms with Crippen LogP contribution in [-0.4, -0.2) is 11.8 Å². The van der Waals surface area contributed by atoms with Crippen LogP contribution in [0.4, 0.5) is 0 Å². The predicted molar refractivity (Wildman–Crippen MR) is 100 cm³/mol. The number of carbonyl (C=O) groups excluding carboxylic acids is 2. The molecule has 24 heavy (non-hydrogen) atoms. The Morgan fingerprint density at radius 3 is 1.58 bits per heavy atom. The van der Waals surface area contributed by atoms with E-state index in [0.29, 0.717) is 22.5 Å². The fourth-order valence-electron chi connectivity index (χ4n) is 2.95. The number of nitrogens with one attached hydrogen (secondary N) is 2. The highest BCUT2D eigenvalue weighted by molar-refractivity contribution is 14.1. The van der Waals surface area contributed by atoms with Gasteiger partial charge in [0.15, 0.2) is 0 Å². The summed E-state index contributed by atoms with van der Waals surface area (Å²) in [5.74, 6) is -0.486. The summed E-state index contributed by atoms with van der Waals surface area (Å²) in [5, 5.41) is 5.71. The molecule has 0 saturated carbocycles. The van der Waals surface area contributed by atoms with Crippen molar-refractivity contribution in [2.75, 3.05) is 0 Å². The third-order valence-electron chi connectivity index (χ3n) is 4.15. The van der Waals surface area contributed by atoms with Gasteiger partial charge in [-0.2, -0.15) is 0 Å². The number of hydrogen-bond donors (Lipinski definition) is 2. The molecule has 0 unspecified atom stereocenters. The van der Waals surface area contributed by atoms with Gasteiger partial charge in [-0.25, -0.2) is 0 Å². The van der Waals surface area contributed by atoms with Gasteiger partial charge in [0, 0.05) is 3.57 Å². The highest BCUT2D eigenvalue weighted by Crippen LogP contribution is 2.37. The van der Waals surface area contributed by atoms with Crippen LogP contribution in [0.15, 0.2) is 59.7 Å². The summed E-state index contributed by atoms with van der Waals surface area (Å²) in [5.41, 5.74) is 4.79. The number of carbonyl (C=O) groups is 2. The zero-order valence-corrected chi connectivity index (χ0v) is 15.0. The first-order valence-electron chi connectivity index (χ1n) is 7.49. The average Bonchev–Trinajstić information content (AvgIpc) is 3.08. The zero-order valence-electron chi connectivity index (χ0n) is 12.8. The van der Waals surface area contributed by atoms with Crippen LogP contribution < -0.4 is 10.6 Å². The van der Waals surface area contributed by atoms with E-state index in [1.807, 2.05) is 55.5 Å². The Balaban J connectivity index is 1.88. The molecule has 0 fully saturated rings. The van der Waals surface area contributed by atoms with E-state index in [0.717, 1.165) is 20.3 Å². The second kappa shape index (κ2) is 5.59. The molecule has 118 valence electrons. The molecule has 0 bridgehead atoms. The van der Waals surface area contributed by atoms with Crippen LogP contribution in [-0.2, 0) is 9.59 Å². The van der Waals surface area contributed by atoms with Gasteiger partial charge in [-0.3, -0.25) is 9.59 Å². The monoisotopic (exact) mass is 428 g/mol. The lowest BCUT2D eigenvalue weighted by Gasteiger charge is -2.07. The standard InChI is InChI=1S/C19H13IN2O2/c1-10-2-4-11(5-3-10)16-14-15(19(24)21-16)17(22-18(14)23)12-6-8-13(20)9-7-12/h2-9H,1H3,(H,21,24)(H,22,23). The molecule has 0 aromatic heterocycles. The van der Waals surface area contributed by atoms with Gasteiger partial charge in [0.2, 0.25) is 0 Å². The summed E-state index contributed by atoms with van der Waals surface area (Å²) >= 11 is 2.22. The minimum absolute atomic E-state index is 0.243. The first-order valence-corrected chi connectivity index (χ1v) is 8.57. The molecule has 4 rings (SSSR count). The maximum atomic E-state index is 12.5. The minimum atomic E-state index is -0.243. The molecule has 2 heterocycles. The van der Waals surface area contributed by atoms with Crippen molar-refractivity contribution >= 4 is 45.8 Å². The van der Waals surface area contributed by atoms with Crippen molar-refractivity contribution in [2.45, 2.75) is 6.92 Å². The van der Waals surface area contributed by atoms with E-state index in [-0.39, 0.29) is 11.8 Å². The van der Waals surface area contributed by atoms with E-state index in [9.17, 15) is 9.59 Å².